The minimum Gasteiger partial charge on any atom is -0.353 e. The molecule has 17 heavy (non-hydrogen) atoms. The Morgan fingerprint density at radius 1 is 1.47 bits per heavy atom. The summed E-state index contributed by atoms with van der Waals surface area (Å²) in [7, 11) is 0. The predicted octanol–water partition coefficient (Wildman–Crippen LogP) is 2.41. The summed E-state index contributed by atoms with van der Waals surface area (Å²) in [6.45, 7) is 7.72. The van der Waals surface area contributed by atoms with Crippen LogP contribution in [0.25, 0.3) is 0 Å². The van der Waals surface area contributed by atoms with E-state index in [2.05, 4.69) is 22.1 Å². The van der Waals surface area contributed by atoms with Crippen molar-refractivity contribution in [2.24, 2.45) is 10.9 Å². The van der Waals surface area contributed by atoms with Gasteiger partial charge in [0.25, 0.3) is 0 Å². The van der Waals surface area contributed by atoms with Crippen molar-refractivity contribution in [3.8, 4) is 0 Å². The van der Waals surface area contributed by atoms with E-state index < -0.39 is 5.67 Å². The zero-order valence-electron chi connectivity index (χ0n) is 10.9. The molecule has 0 spiro atoms. The van der Waals surface area contributed by atoms with E-state index in [1.807, 2.05) is 0 Å². The molecule has 0 saturated carbocycles. The van der Waals surface area contributed by atoms with Crippen LogP contribution >= 0.6 is 24.0 Å². The monoisotopic (exact) mass is 355 g/mol. The highest BCUT2D eigenvalue weighted by molar-refractivity contribution is 14.0. The van der Waals surface area contributed by atoms with Gasteiger partial charge >= 0.3 is 0 Å². The number of nitrogens with zero attached hydrogens (tertiary/aromatic N) is 2. The van der Waals surface area contributed by atoms with Crippen LogP contribution in [0.2, 0.25) is 0 Å². The van der Waals surface area contributed by atoms with Gasteiger partial charge in [-0.1, -0.05) is 6.92 Å². The maximum absolute atomic E-state index is 13.4. The fourth-order valence-corrected chi connectivity index (χ4v) is 2.39. The molecule has 2 heterocycles. The minimum absolute atomic E-state index is 0. The third kappa shape index (κ3) is 3.96. The molecule has 100 valence electrons. The first kappa shape index (κ1) is 15.0. The first-order valence-corrected chi connectivity index (χ1v) is 6.19. The molecule has 5 heteroatoms. The molecule has 0 bridgehead atoms. The number of piperidine rings is 1. The van der Waals surface area contributed by atoms with Crippen molar-refractivity contribution in [1.82, 2.24) is 10.2 Å². The molecule has 2 aliphatic rings. The van der Waals surface area contributed by atoms with Crippen LogP contribution in [0.15, 0.2) is 4.99 Å². The highest BCUT2D eigenvalue weighted by atomic mass is 127. The van der Waals surface area contributed by atoms with Gasteiger partial charge in [0.1, 0.15) is 5.67 Å². The van der Waals surface area contributed by atoms with Crippen LogP contribution in [0, 0.1) is 5.92 Å². The van der Waals surface area contributed by atoms with E-state index in [1.54, 1.807) is 13.8 Å². The Morgan fingerprint density at radius 3 is 2.82 bits per heavy atom. The van der Waals surface area contributed by atoms with Crippen molar-refractivity contribution >= 4 is 29.9 Å². The zero-order chi connectivity index (χ0) is 11.8. The van der Waals surface area contributed by atoms with Crippen molar-refractivity contribution in [2.75, 3.05) is 19.6 Å². The highest BCUT2D eigenvalue weighted by Gasteiger charge is 2.33. The van der Waals surface area contributed by atoms with Gasteiger partial charge in [-0.3, -0.25) is 4.99 Å². The van der Waals surface area contributed by atoms with Gasteiger partial charge in [-0.15, -0.1) is 24.0 Å². The number of rotatable bonds is 2. The average Bonchev–Trinajstić information content (AvgIpc) is 2.56. The number of hydrogen-bond acceptors (Lipinski definition) is 3. The molecular weight excluding hydrogens is 332 g/mol. The van der Waals surface area contributed by atoms with Gasteiger partial charge in [0.05, 0.1) is 19.1 Å². The number of aliphatic imine (C=N–C) groups is 1. The first-order valence-electron chi connectivity index (χ1n) is 6.19. The summed E-state index contributed by atoms with van der Waals surface area (Å²) in [5, 5.41) is 3.14. The maximum atomic E-state index is 13.4. The van der Waals surface area contributed by atoms with Gasteiger partial charge in [-0.25, -0.2) is 4.39 Å². The summed E-state index contributed by atoms with van der Waals surface area (Å²) >= 11 is 0. The Hall–Kier alpha value is -0.0700. The van der Waals surface area contributed by atoms with E-state index in [-0.39, 0.29) is 24.0 Å². The second-order valence-corrected chi connectivity index (χ2v) is 5.73. The standard InChI is InChI=1S/C12H22FN3.HI/c1-9-4-5-10-6-14-11(16(10)7-9)15-8-12(2,3)13;/h9-10H,4-8H2,1-3H3,(H,14,15);1H. The molecule has 0 aromatic rings. The maximum Gasteiger partial charge on any atom is 0.194 e. The second-order valence-electron chi connectivity index (χ2n) is 5.73. The number of alkyl halides is 1. The summed E-state index contributed by atoms with van der Waals surface area (Å²) < 4.78 is 13.4. The Bertz CT molecular complexity index is 288. The van der Waals surface area contributed by atoms with Gasteiger partial charge in [0, 0.05) is 6.54 Å². The number of hydrogen-bond donors (Lipinski definition) is 1. The summed E-state index contributed by atoms with van der Waals surface area (Å²) in [6.07, 6.45) is 2.51. The number of halogens is 2. The first-order chi connectivity index (χ1) is 7.46. The molecule has 1 N–H and O–H groups in total. The lowest BCUT2D eigenvalue weighted by Crippen LogP contribution is -2.50. The fraction of sp³-hybridized carbons (Fsp3) is 0.917. The Labute approximate surface area is 120 Å². The SMILES string of the molecule is CC1CCC2CN=C(NCC(C)(C)F)N2C1.I. The van der Waals surface area contributed by atoms with Crippen molar-refractivity contribution in [1.29, 1.82) is 0 Å². The van der Waals surface area contributed by atoms with Crippen molar-refractivity contribution in [2.45, 2.75) is 45.3 Å². The normalized spacial score (nSPS) is 28.2. The summed E-state index contributed by atoms with van der Waals surface area (Å²) in [5.74, 6) is 1.63. The second kappa shape index (κ2) is 5.71. The minimum atomic E-state index is -1.18. The van der Waals surface area contributed by atoms with Crippen LogP contribution in [0.3, 0.4) is 0 Å². The Balaban J connectivity index is 0.00000144. The molecule has 2 unspecified atom stereocenters. The smallest absolute Gasteiger partial charge is 0.194 e. The molecule has 2 atom stereocenters. The van der Waals surface area contributed by atoms with Crippen LogP contribution < -0.4 is 5.32 Å². The zero-order valence-corrected chi connectivity index (χ0v) is 13.2. The van der Waals surface area contributed by atoms with Crippen LogP contribution in [-0.4, -0.2) is 42.2 Å². The van der Waals surface area contributed by atoms with E-state index >= 15 is 0 Å². The largest absolute Gasteiger partial charge is 0.353 e. The average molecular weight is 355 g/mol. The quantitative estimate of drug-likeness (QED) is 0.771. The van der Waals surface area contributed by atoms with Crippen LogP contribution in [0.1, 0.15) is 33.6 Å². The summed E-state index contributed by atoms with van der Waals surface area (Å²) in [5.41, 5.74) is -1.18. The van der Waals surface area contributed by atoms with E-state index in [0.717, 1.165) is 25.0 Å². The molecule has 3 nitrogen and oxygen atoms in total. The molecule has 2 aliphatic heterocycles. The van der Waals surface area contributed by atoms with Crippen molar-refractivity contribution in [3.05, 3.63) is 0 Å². The lowest BCUT2D eigenvalue weighted by Gasteiger charge is -2.36. The molecule has 0 radical (unpaired) electrons. The molecule has 1 saturated heterocycles. The van der Waals surface area contributed by atoms with Gasteiger partial charge in [-0.05, 0) is 32.6 Å². The molecular formula is C12H23FIN3. The van der Waals surface area contributed by atoms with Gasteiger partial charge < -0.3 is 10.2 Å². The topological polar surface area (TPSA) is 27.6 Å². The molecule has 0 aliphatic carbocycles. The van der Waals surface area contributed by atoms with Crippen LogP contribution in [0.5, 0.6) is 0 Å². The number of fused-ring (bicyclic) bond motifs is 1. The summed E-state index contributed by atoms with van der Waals surface area (Å²) in [4.78, 5) is 6.80. The predicted molar refractivity (Wildman–Crippen MR) is 79.8 cm³/mol. The van der Waals surface area contributed by atoms with E-state index in [1.165, 1.54) is 12.8 Å². The third-order valence-corrected chi connectivity index (χ3v) is 3.33. The van der Waals surface area contributed by atoms with E-state index in [9.17, 15) is 4.39 Å². The Kier molecular flexibility index (Phi) is 5.04. The van der Waals surface area contributed by atoms with E-state index in [4.69, 9.17) is 0 Å². The fourth-order valence-electron chi connectivity index (χ4n) is 2.39. The molecule has 1 fully saturated rings. The number of nitrogens with one attached hydrogen (secondary N) is 1. The van der Waals surface area contributed by atoms with Crippen molar-refractivity contribution < 1.29 is 4.39 Å². The van der Waals surface area contributed by atoms with Crippen molar-refractivity contribution in [3.63, 3.8) is 0 Å². The lowest BCUT2D eigenvalue weighted by atomic mass is 9.95. The van der Waals surface area contributed by atoms with E-state index in [0.29, 0.717) is 12.6 Å². The lowest BCUT2D eigenvalue weighted by molar-refractivity contribution is 0.197. The molecule has 2 rings (SSSR count). The van der Waals surface area contributed by atoms with Gasteiger partial charge in [0.2, 0.25) is 0 Å². The molecule has 0 aromatic heterocycles. The van der Waals surface area contributed by atoms with Crippen LogP contribution in [0.4, 0.5) is 4.39 Å². The summed E-state index contributed by atoms with van der Waals surface area (Å²) in [6, 6.07) is 0.557. The number of guanidine groups is 1. The molecule has 0 aromatic carbocycles. The van der Waals surface area contributed by atoms with Gasteiger partial charge in [0.15, 0.2) is 5.96 Å². The van der Waals surface area contributed by atoms with Crippen LogP contribution in [-0.2, 0) is 0 Å². The third-order valence-electron chi connectivity index (χ3n) is 3.33. The van der Waals surface area contributed by atoms with Gasteiger partial charge in [-0.2, -0.15) is 0 Å². The molecule has 0 amide bonds. The Morgan fingerprint density at radius 2 is 2.18 bits per heavy atom. The highest BCUT2D eigenvalue weighted by Crippen LogP contribution is 2.25.